The predicted octanol–water partition coefficient (Wildman–Crippen LogP) is 2.62. The highest BCUT2D eigenvalue weighted by Gasteiger charge is 2.28. The molecule has 1 saturated heterocycles. The van der Waals surface area contributed by atoms with E-state index in [-0.39, 0.29) is 12.3 Å². The second-order valence-electron chi connectivity index (χ2n) is 6.34. The maximum absolute atomic E-state index is 11.9. The van der Waals surface area contributed by atoms with Crippen molar-refractivity contribution in [1.82, 2.24) is 20.6 Å². The van der Waals surface area contributed by atoms with Crippen molar-refractivity contribution < 1.29 is 14.3 Å². The Hall–Kier alpha value is -3.19. The van der Waals surface area contributed by atoms with Gasteiger partial charge in [0, 0.05) is 36.9 Å². The average molecular weight is 364 g/mol. The van der Waals surface area contributed by atoms with Gasteiger partial charge in [0.05, 0.1) is 12.2 Å². The highest BCUT2D eigenvalue weighted by atomic mass is 16.6. The highest BCUT2D eigenvalue weighted by Crippen LogP contribution is 2.23. The number of fused-ring (bicyclic) bond motifs is 1. The van der Waals surface area contributed by atoms with E-state index in [1.807, 2.05) is 48.7 Å². The van der Waals surface area contributed by atoms with Crippen LogP contribution in [0.25, 0.3) is 10.8 Å². The van der Waals surface area contributed by atoms with Crippen LogP contribution in [0.3, 0.4) is 0 Å². The summed E-state index contributed by atoms with van der Waals surface area (Å²) in [6.07, 6.45) is 4.95. The molecule has 0 radical (unpaired) electrons. The van der Waals surface area contributed by atoms with E-state index in [2.05, 4.69) is 20.6 Å². The first kappa shape index (κ1) is 17.2. The Bertz CT molecular complexity index is 919. The third-order valence-electron chi connectivity index (χ3n) is 4.35. The summed E-state index contributed by atoms with van der Waals surface area (Å²) >= 11 is 0. The fourth-order valence-corrected chi connectivity index (χ4v) is 3.01. The number of benzene rings is 1. The molecule has 7 heteroatoms. The first-order chi connectivity index (χ1) is 13.3. The molecule has 4 rings (SSSR count). The lowest BCUT2D eigenvalue weighted by molar-refractivity contribution is 0.0823. The zero-order valence-corrected chi connectivity index (χ0v) is 14.7. The molecule has 2 N–H and O–H groups in total. The second kappa shape index (κ2) is 8.01. The summed E-state index contributed by atoms with van der Waals surface area (Å²) in [6, 6.07) is 13.4. The Kier molecular flexibility index (Phi) is 5.11. The van der Waals surface area contributed by atoms with Gasteiger partial charge in [0.25, 0.3) is 0 Å². The summed E-state index contributed by atoms with van der Waals surface area (Å²) < 4.78 is 11.4. The van der Waals surface area contributed by atoms with Crippen LogP contribution in [0.5, 0.6) is 5.75 Å². The van der Waals surface area contributed by atoms with Crippen molar-refractivity contribution in [2.45, 2.75) is 25.3 Å². The minimum absolute atomic E-state index is 0.0575. The number of carbonyl (C=O) groups excluding carboxylic acids is 1. The number of nitrogens with one attached hydrogen (secondary N) is 2. The smallest absolute Gasteiger partial charge is 0.409 e. The minimum atomic E-state index is -0.475. The SMILES string of the molecule is O=C(NCc1ccccn1)O[C@H]1C[C@@H](Oc2ccc3cnccc3c2)CN1. The first-order valence-electron chi connectivity index (χ1n) is 8.84. The summed E-state index contributed by atoms with van der Waals surface area (Å²) in [6.45, 7) is 0.949. The van der Waals surface area contributed by atoms with Crippen LogP contribution >= 0.6 is 0 Å². The molecule has 0 bridgehead atoms. The van der Waals surface area contributed by atoms with Crippen LogP contribution in [0.2, 0.25) is 0 Å². The molecule has 1 aliphatic heterocycles. The fourth-order valence-electron chi connectivity index (χ4n) is 3.01. The van der Waals surface area contributed by atoms with Crippen molar-refractivity contribution >= 4 is 16.9 Å². The van der Waals surface area contributed by atoms with E-state index in [1.54, 1.807) is 12.4 Å². The summed E-state index contributed by atoms with van der Waals surface area (Å²) in [7, 11) is 0. The maximum Gasteiger partial charge on any atom is 0.409 e. The Morgan fingerprint density at radius 2 is 2.15 bits per heavy atom. The van der Waals surface area contributed by atoms with Gasteiger partial charge in [-0.25, -0.2) is 4.79 Å². The lowest BCUT2D eigenvalue weighted by Gasteiger charge is -2.14. The molecular weight excluding hydrogens is 344 g/mol. The molecule has 1 aromatic carbocycles. The van der Waals surface area contributed by atoms with E-state index >= 15 is 0 Å². The molecule has 0 aliphatic carbocycles. The molecule has 3 aromatic rings. The standard InChI is InChI=1S/C20H20N4O3/c25-20(24-12-16-3-1-2-7-22-16)27-19-10-18(13-23-19)26-17-5-4-15-11-21-8-6-14(15)9-17/h1-9,11,18-19,23H,10,12-13H2,(H,24,25)/t18-,19+/m1/s1. The summed E-state index contributed by atoms with van der Waals surface area (Å²) in [5.74, 6) is 0.792. The molecule has 27 heavy (non-hydrogen) atoms. The Morgan fingerprint density at radius 1 is 1.19 bits per heavy atom. The molecule has 3 heterocycles. The van der Waals surface area contributed by atoms with Crippen molar-refractivity contribution in [3.63, 3.8) is 0 Å². The lowest BCUT2D eigenvalue weighted by Crippen LogP contribution is -2.33. The van der Waals surface area contributed by atoms with Crippen molar-refractivity contribution in [2.75, 3.05) is 6.54 Å². The molecule has 1 amide bonds. The van der Waals surface area contributed by atoms with E-state index in [9.17, 15) is 4.79 Å². The normalized spacial score (nSPS) is 19.0. The van der Waals surface area contributed by atoms with Gasteiger partial charge >= 0.3 is 6.09 Å². The van der Waals surface area contributed by atoms with Crippen LogP contribution < -0.4 is 15.4 Å². The van der Waals surface area contributed by atoms with Crippen LogP contribution in [0.15, 0.2) is 61.1 Å². The summed E-state index contributed by atoms with van der Waals surface area (Å²) in [5.41, 5.74) is 0.779. The fraction of sp³-hybridized carbons (Fsp3) is 0.250. The van der Waals surface area contributed by atoms with E-state index < -0.39 is 6.09 Å². The van der Waals surface area contributed by atoms with E-state index in [0.717, 1.165) is 22.2 Å². The van der Waals surface area contributed by atoms with Gasteiger partial charge in [-0.05, 0) is 41.8 Å². The van der Waals surface area contributed by atoms with E-state index in [0.29, 0.717) is 19.5 Å². The third kappa shape index (κ3) is 4.51. The number of pyridine rings is 2. The van der Waals surface area contributed by atoms with Crippen molar-refractivity contribution in [1.29, 1.82) is 0 Å². The van der Waals surface area contributed by atoms with Gasteiger partial charge < -0.3 is 14.8 Å². The minimum Gasteiger partial charge on any atom is -0.489 e. The third-order valence-corrected chi connectivity index (χ3v) is 4.35. The average Bonchev–Trinajstić information content (AvgIpc) is 3.14. The monoisotopic (exact) mass is 364 g/mol. The number of hydrogen-bond donors (Lipinski definition) is 2. The highest BCUT2D eigenvalue weighted by molar-refractivity contribution is 5.82. The molecule has 0 unspecified atom stereocenters. The molecule has 138 valence electrons. The molecule has 2 aromatic heterocycles. The number of aromatic nitrogens is 2. The van der Waals surface area contributed by atoms with Crippen molar-refractivity contribution in [2.24, 2.45) is 0 Å². The van der Waals surface area contributed by atoms with Gasteiger partial charge in [-0.1, -0.05) is 6.07 Å². The second-order valence-corrected chi connectivity index (χ2v) is 6.34. The van der Waals surface area contributed by atoms with Gasteiger partial charge in [-0.2, -0.15) is 0 Å². The maximum atomic E-state index is 11.9. The number of rotatable bonds is 5. The number of hydrogen-bond acceptors (Lipinski definition) is 6. The van der Waals surface area contributed by atoms with Gasteiger partial charge in [0.1, 0.15) is 11.9 Å². The van der Waals surface area contributed by atoms with Crippen LogP contribution in [0.1, 0.15) is 12.1 Å². The Labute approximate surface area is 156 Å². The molecule has 2 atom stereocenters. The van der Waals surface area contributed by atoms with Gasteiger partial charge in [-0.15, -0.1) is 0 Å². The number of amides is 1. The Balaban J connectivity index is 1.26. The lowest BCUT2D eigenvalue weighted by atomic mass is 10.2. The zero-order chi connectivity index (χ0) is 18.5. The quantitative estimate of drug-likeness (QED) is 0.724. The molecule has 1 aliphatic rings. The Morgan fingerprint density at radius 3 is 3.04 bits per heavy atom. The number of carbonyl (C=O) groups is 1. The van der Waals surface area contributed by atoms with Gasteiger partial charge in [0.15, 0.2) is 6.23 Å². The number of alkyl carbamates (subject to hydrolysis) is 1. The summed E-state index contributed by atoms with van der Waals surface area (Å²) in [4.78, 5) is 20.2. The van der Waals surface area contributed by atoms with Crippen LogP contribution in [-0.4, -0.2) is 34.9 Å². The predicted molar refractivity (Wildman–Crippen MR) is 100 cm³/mol. The van der Waals surface area contributed by atoms with E-state index in [4.69, 9.17) is 9.47 Å². The topological polar surface area (TPSA) is 85.4 Å². The molecular formula is C20H20N4O3. The number of ether oxygens (including phenoxy) is 2. The van der Waals surface area contributed by atoms with Crippen molar-refractivity contribution in [3.05, 3.63) is 66.7 Å². The molecule has 7 nitrogen and oxygen atoms in total. The largest absolute Gasteiger partial charge is 0.489 e. The molecule has 1 fully saturated rings. The van der Waals surface area contributed by atoms with E-state index in [1.165, 1.54) is 0 Å². The molecule has 0 saturated carbocycles. The summed E-state index contributed by atoms with van der Waals surface area (Å²) in [5, 5.41) is 8.01. The van der Waals surface area contributed by atoms with Gasteiger partial charge in [0.2, 0.25) is 0 Å². The molecule has 0 spiro atoms. The first-order valence-corrected chi connectivity index (χ1v) is 8.84. The van der Waals surface area contributed by atoms with Crippen LogP contribution in [-0.2, 0) is 11.3 Å². The zero-order valence-electron chi connectivity index (χ0n) is 14.7. The van der Waals surface area contributed by atoms with Crippen molar-refractivity contribution in [3.8, 4) is 5.75 Å². The number of nitrogens with zero attached hydrogens (tertiary/aromatic N) is 2. The van der Waals surface area contributed by atoms with Crippen LogP contribution in [0, 0.1) is 0 Å². The van der Waals surface area contributed by atoms with Crippen LogP contribution in [0.4, 0.5) is 4.79 Å². The van der Waals surface area contributed by atoms with Gasteiger partial charge in [-0.3, -0.25) is 15.3 Å².